The molecule has 11 heteroatoms. The molecule has 1 heterocycles. The summed E-state index contributed by atoms with van der Waals surface area (Å²) in [5.41, 5.74) is 0.844. The Balaban J connectivity index is 1.75. The van der Waals surface area contributed by atoms with Crippen LogP contribution in [-0.4, -0.2) is 79.7 Å². The molecule has 1 saturated heterocycles. The van der Waals surface area contributed by atoms with Gasteiger partial charge in [-0.3, -0.25) is 4.79 Å². The lowest BCUT2D eigenvalue weighted by Gasteiger charge is -2.30. The number of sulfonamides is 1. The van der Waals surface area contributed by atoms with Gasteiger partial charge in [0.05, 0.1) is 34.3 Å². The van der Waals surface area contributed by atoms with Gasteiger partial charge in [0.1, 0.15) is 0 Å². The number of carbonyl (C=O) groups excluding carboxylic acids is 1. The van der Waals surface area contributed by atoms with E-state index in [9.17, 15) is 21.6 Å². The Morgan fingerprint density at radius 2 is 1.67 bits per heavy atom. The highest BCUT2D eigenvalue weighted by molar-refractivity contribution is 7.91. The molecule has 0 aromatic heterocycles. The van der Waals surface area contributed by atoms with E-state index >= 15 is 0 Å². The van der Waals surface area contributed by atoms with E-state index in [1.807, 2.05) is 4.90 Å². The molecule has 1 aliphatic rings. The molecule has 9 nitrogen and oxygen atoms in total. The van der Waals surface area contributed by atoms with Gasteiger partial charge in [0, 0.05) is 39.4 Å². The summed E-state index contributed by atoms with van der Waals surface area (Å²) < 4.78 is 56.5. The summed E-state index contributed by atoms with van der Waals surface area (Å²) in [5, 5.41) is 2.74. The predicted octanol–water partition coefficient (Wildman–Crippen LogP) is 1.37. The molecule has 3 rings (SSSR count). The smallest absolute Gasteiger partial charge is 0.253 e. The minimum absolute atomic E-state index is 0.0151. The lowest BCUT2D eigenvalue weighted by molar-refractivity contribution is 0.0952. The zero-order valence-electron chi connectivity index (χ0n) is 18.7. The molecule has 1 aliphatic heterocycles. The van der Waals surface area contributed by atoms with Crippen LogP contribution in [0.5, 0.6) is 0 Å². The van der Waals surface area contributed by atoms with Crippen molar-refractivity contribution < 1.29 is 26.4 Å². The number of carbonyl (C=O) groups is 1. The van der Waals surface area contributed by atoms with E-state index in [-0.39, 0.29) is 34.1 Å². The molecule has 1 N–H and O–H groups in total. The number of benzene rings is 2. The molecule has 1 fully saturated rings. The number of amides is 1. The molecular formula is C22H29N3O6S2. The molecule has 1 amide bonds. The number of ether oxygens (including phenoxy) is 1. The average Bonchev–Trinajstić information content (AvgIpc) is 2.82. The van der Waals surface area contributed by atoms with E-state index in [0.717, 1.165) is 4.31 Å². The molecule has 0 aliphatic carbocycles. The van der Waals surface area contributed by atoms with Crippen LogP contribution in [0.2, 0.25) is 0 Å². The minimum Gasteiger partial charge on any atom is -0.378 e. The van der Waals surface area contributed by atoms with E-state index in [1.165, 1.54) is 26.2 Å². The summed E-state index contributed by atoms with van der Waals surface area (Å²) in [4.78, 5) is 15.3. The molecule has 2 aromatic carbocycles. The van der Waals surface area contributed by atoms with E-state index in [0.29, 0.717) is 32.0 Å². The Bertz CT molecular complexity index is 1180. The number of rotatable bonds is 9. The monoisotopic (exact) mass is 495 g/mol. The summed E-state index contributed by atoms with van der Waals surface area (Å²) in [6.45, 7) is 2.31. The summed E-state index contributed by atoms with van der Waals surface area (Å²) in [6.07, 6.45) is 0.228. The van der Waals surface area contributed by atoms with Crippen molar-refractivity contribution in [3.8, 4) is 0 Å². The van der Waals surface area contributed by atoms with E-state index in [1.54, 1.807) is 36.4 Å². The second-order valence-corrected chi connectivity index (χ2v) is 12.1. The second kappa shape index (κ2) is 10.6. The molecule has 0 unspecified atom stereocenters. The zero-order chi connectivity index (χ0) is 24.1. The summed E-state index contributed by atoms with van der Waals surface area (Å²) in [7, 11) is -4.31. The van der Waals surface area contributed by atoms with Gasteiger partial charge < -0.3 is 15.0 Å². The number of morpholine rings is 1. The summed E-state index contributed by atoms with van der Waals surface area (Å²) >= 11 is 0. The van der Waals surface area contributed by atoms with Gasteiger partial charge in [-0.25, -0.2) is 21.1 Å². The first-order chi connectivity index (χ1) is 15.6. The Kier molecular flexibility index (Phi) is 8.11. The van der Waals surface area contributed by atoms with Crippen molar-refractivity contribution in [3.05, 3.63) is 54.1 Å². The van der Waals surface area contributed by atoms with Crippen molar-refractivity contribution in [3.63, 3.8) is 0 Å². The molecule has 33 heavy (non-hydrogen) atoms. The minimum atomic E-state index is -3.72. The predicted molar refractivity (Wildman–Crippen MR) is 126 cm³/mol. The Morgan fingerprint density at radius 3 is 2.30 bits per heavy atom. The number of nitrogens with one attached hydrogen (secondary N) is 1. The van der Waals surface area contributed by atoms with Gasteiger partial charge in [-0.05, 0) is 36.8 Å². The van der Waals surface area contributed by atoms with Crippen LogP contribution in [0.3, 0.4) is 0 Å². The highest BCUT2D eigenvalue weighted by Crippen LogP contribution is 2.26. The molecule has 180 valence electrons. The van der Waals surface area contributed by atoms with E-state index in [4.69, 9.17) is 4.74 Å². The third-order valence-corrected chi connectivity index (χ3v) is 8.95. The highest BCUT2D eigenvalue weighted by atomic mass is 32.2. The quantitative estimate of drug-likeness (QED) is 0.523. The standard InChI is InChI=1S/C22H29N3O6S2/c1-24(2)33(29,30)19-9-10-21(25-12-14-31-15-13-25)20(17-19)22(26)23-11-6-16-32(27,28)18-7-4-3-5-8-18/h3-5,7-10,17H,6,11-16H2,1-2H3,(H,23,26). The van der Waals surface area contributed by atoms with Crippen molar-refractivity contribution in [2.45, 2.75) is 16.2 Å². The van der Waals surface area contributed by atoms with Gasteiger partial charge in [-0.2, -0.15) is 0 Å². The third kappa shape index (κ3) is 6.11. The van der Waals surface area contributed by atoms with Crippen LogP contribution >= 0.6 is 0 Å². The first kappa shape index (κ1) is 25.2. The molecule has 2 aromatic rings. The van der Waals surface area contributed by atoms with Gasteiger partial charge in [0.25, 0.3) is 5.91 Å². The van der Waals surface area contributed by atoms with Gasteiger partial charge in [0.2, 0.25) is 10.0 Å². The average molecular weight is 496 g/mol. The SMILES string of the molecule is CN(C)S(=O)(=O)c1ccc(N2CCOCC2)c(C(=O)NCCCS(=O)(=O)c2ccccc2)c1. The van der Waals surface area contributed by atoms with Gasteiger partial charge in [0.15, 0.2) is 9.84 Å². The fourth-order valence-corrected chi connectivity index (χ4v) is 5.71. The number of sulfone groups is 1. The molecule has 0 radical (unpaired) electrons. The van der Waals surface area contributed by atoms with Crippen LogP contribution in [0.25, 0.3) is 0 Å². The van der Waals surface area contributed by atoms with Crippen molar-refractivity contribution >= 4 is 31.5 Å². The van der Waals surface area contributed by atoms with Crippen molar-refractivity contribution in [2.24, 2.45) is 0 Å². The number of anilines is 1. The van der Waals surface area contributed by atoms with Crippen molar-refractivity contribution in [1.29, 1.82) is 0 Å². The van der Waals surface area contributed by atoms with Gasteiger partial charge >= 0.3 is 0 Å². The van der Waals surface area contributed by atoms with E-state index in [2.05, 4.69) is 5.32 Å². The Hall–Kier alpha value is -2.47. The maximum absolute atomic E-state index is 13.0. The Morgan fingerprint density at radius 1 is 1.00 bits per heavy atom. The van der Waals surface area contributed by atoms with Crippen LogP contribution in [0.4, 0.5) is 5.69 Å². The van der Waals surface area contributed by atoms with Crippen molar-refractivity contribution in [2.75, 3.05) is 57.6 Å². The lowest BCUT2D eigenvalue weighted by Crippen LogP contribution is -2.38. The van der Waals surface area contributed by atoms with E-state index < -0.39 is 25.8 Å². The molecule has 0 saturated carbocycles. The summed E-state index contributed by atoms with van der Waals surface area (Å²) in [6, 6.07) is 12.7. The van der Waals surface area contributed by atoms with Gasteiger partial charge in [-0.1, -0.05) is 18.2 Å². The van der Waals surface area contributed by atoms with Crippen LogP contribution < -0.4 is 10.2 Å². The van der Waals surface area contributed by atoms with Crippen LogP contribution in [-0.2, 0) is 24.6 Å². The fourth-order valence-electron chi connectivity index (χ4n) is 3.45. The molecule has 0 spiro atoms. The largest absolute Gasteiger partial charge is 0.378 e. The maximum atomic E-state index is 13.0. The van der Waals surface area contributed by atoms with Crippen LogP contribution in [0.1, 0.15) is 16.8 Å². The third-order valence-electron chi connectivity index (χ3n) is 5.32. The van der Waals surface area contributed by atoms with Crippen LogP contribution in [0, 0.1) is 0 Å². The number of nitrogens with zero attached hydrogens (tertiary/aromatic N) is 2. The summed E-state index contributed by atoms with van der Waals surface area (Å²) in [5.74, 6) is -0.563. The Labute approximate surface area is 195 Å². The zero-order valence-corrected chi connectivity index (χ0v) is 20.4. The highest BCUT2D eigenvalue weighted by Gasteiger charge is 2.24. The topological polar surface area (TPSA) is 113 Å². The van der Waals surface area contributed by atoms with Crippen molar-refractivity contribution in [1.82, 2.24) is 9.62 Å². The molecule has 0 bridgehead atoms. The second-order valence-electron chi connectivity index (χ2n) is 7.81. The molecular weight excluding hydrogens is 466 g/mol. The van der Waals surface area contributed by atoms with Crippen LogP contribution in [0.15, 0.2) is 58.3 Å². The number of hydrogen-bond donors (Lipinski definition) is 1. The molecule has 0 atom stereocenters. The maximum Gasteiger partial charge on any atom is 0.253 e. The first-order valence-corrected chi connectivity index (χ1v) is 13.7. The first-order valence-electron chi connectivity index (χ1n) is 10.6. The van der Waals surface area contributed by atoms with Gasteiger partial charge in [-0.15, -0.1) is 0 Å². The lowest BCUT2D eigenvalue weighted by atomic mass is 10.1. The number of hydrogen-bond acceptors (Lipinski definition) is 7. The normalized spacial score (nSPS) is 14.9. The fraction of sp³-hybridized carbons (Fsp3) is 0.409.